The summed E-state index contributed by atoms with van der Waals surface area (Å²) in [7, 11) is -3.96. The molecule has 0 aliphatic carbocycles. The molecule has 3 aromatic heterocycles. The van der Waals surface area contributed by atoms with Gasteiger partial charge in [0.1, 0.15) is 6.33 Å². The van der Waals surface area contributed by atoms with Crippen molar-refractivity contribution < 1.29 is 13.5 Å². The van der Waals surface area contributed by atoms with Crippen LogP contribution in [0.5, 0.6) is 0 Å². The Hall–Kier alpha value is -4.36. The quantitative estimate of drug-likeness (QED) is 0.225. The Kier molecular flexibility index (Phi) is 7.52. The van der Waals surface area contributed by atoms with Gasteiger partial charge in [-0.15, -0.1) is 9.19 Å². The number of nitrogens with zero attached hydrogens (tertiary/aromatic N) is 7. The van der Waals surface area contributed by atoms with Gasteiger partial charge in [-0.2, -0.15) is 9.97 Å². The fourth-order valence-electron chi connectivity index (χ4n) is 4.02. The SMILES string of the molecule is CC(C)n1cnc2c(NCc3ccccc3)nc(NC(CO)CS(=O)(=O)n3cnc(-c4ccccc4)n3)nc21. The van der Waals surface area contributed by atoms with Crippen LogP contribution in [-0.2, 0) is 16.6 Å². The molecule has 1 unspecified atom stereocenters. The topological polar surface area (TPSA) is 153 Å². The lowest BCUT2D eigenvalue weighted by Crippen LogP contribution is -2.35. The summed E-state index contributed by atoms with van der Waals surface area (Å²) in [5.74, 6) is 0.489. The van der Waals surface area contributed by atoms with Gasteiger partial charge in [0.2, 0.25) is 5.95 Å². The molecule has 5 rings (SSSR count). The van der Waals surface area contributed by atoms with Crippen LogP contribution in [0.2, 0.25) is 0 Å². The Morgan fingerprint density at radius 1 is 0.949 bits per heavy atom. The van der Waals surface area contributed by atoms with Gasteiger partial charge in [0.25, 0.3) is 10.0 Å². The maximum atomic E-state index is 13.1. The highest BCUT2D eigenvalue weighted by molar-refractivity contribution is 7.89. The summed E-state index contributed by atoms with van der Waals surface area (Å²) in [6, 6.07) is 18.1. The van der Waals surface area contributed by atoms with Crippen LogP contribution in [-0.4, -0.2) is 65.6 Å². The third kappa shape index (κ3) is 5.89. The van der Waals surface area contributed by atoms with E-state index >= 15 is 0 Å². The zero-order chi connectivity index (χ0) is 27.4. The normalized spacial score (nSPS) is 12.6. The number of nitrogens with one attached hydrogen (secondary N) is 2. The van der Waals surface area contributed by atoms with Gasteiger partial charge in [0.15, 0.2) is 22.8 Å². The lowest BCUT2D eigenvalue weighted by Gasteiger charge is -2.17. The highest BCUT2D eigenvalue weighted by Crippen LogP contribution is 2.24. The zero-order valence-electron chi connectivity index (χ0n) is 21.5. The van der Waals surface area contributed by atoms with E-state index in [-0.39, 0.29) is 17.8 Å². The Labute approximate surface area is 225 Å². The van der Waals surface area contributed by atoms with E-state index in [1.807, 2.05) is 66.9 Å². The first-order chi connectivity index (χ1) is 18.8. The van der Waals surface area contributed by atoms with Gasteiger partial charge in [-0.3, -0.25) is 0 Å². The number of aliphatic hydroxyl groups is 1. The molecule has 0 bridgehead atoms. The number of aliphatic hydroxyl groups excluding tert-OH is 1. The first-order valence-electron chi connectivity index (χ1n) is 12.4. The fourth-order valence-corrected chi connectivity index (χ4v) is 5.26. The number of imidazole rings is 1. The molecule has 0 amide bonds. The molecular weight excluding hydrogens is 518 g/mol. The maximum absolute atomic E-state index is 13.1. The van der Waals surface area contributed by atoms with Crippen molar-refractivity contribution in [1.82, 2.24) is 33.7 Å². The van der Waals surface area contributed by atoms with E-state index < -0.39 is 28.4 Å². The highest BCUT2D eigenvalue weighted by atomic mass is 32.2. The first kappa shape index (κ1) is 26.3. The molecule has 0 spiro atoms. The largest absolute Gasteiger partial charge is 0.394 e. The number of anilines is 2. The first-order valence-corrected chi connectivity index (χ1v) is 14.0. The number of hydrogen-bond acceptors (Lipinski definition) is 10. The summed E-state index contributed by atoms with van der Waals surface area (Å²) in [6.45, 7) is 4.06. The molecule has 5 aromatic rings. The van der Waals surface area contributed by atoms with Gasteiger partial charge >= 0.3 is 0 Å². The summed E-state index contributed by atoms with van der Waals surface area (Å²) in [5.41, 5.74) is 2.93. The molecule has 0 aliphatic rings. The smallest absolute Gasteiger partial charge is 0.257 e. The van der Waals surface area contributed by atoms with Gasteiger partial charge in [-0.05, 0) is 19.4 Å². The molecule has 0 saturated heterocycles. The molecule has 39 heavy (non-hydrogen) atoms. The summed E-state index contributed by atoms with van der Waals surface area (Å²) < 4.78 is 29.0. The van der Waals surface area contributed by atoms with E-state index in [4.69, 9.17) is 0 Å². The van der Waals surface area contributed by atoms with Gasteiger partial charge < -0.3 is 20.3 Å². The van der Waals surface area contributed by atoms with Gasteiger partial charge in [-0.25, -0.2) is 18.4 Å². The third-order valence-electron chi connectivity index (χ3n) is 6.04. The zero-order valence-corrected chi connectivity index (χ0v) is 22.3. The van der Waals surface area contributed by atoms with Crippen LogP contribution in [0, 0.1) is 0 Å². The van der Waals surface area contributed by atoms with Crippen LogP contribution in [0.1, 0.15) is 25.5 Å². The third-order valence-corrected chi connectivity index (χ3v) is 7.60. The number of aromatic nitrogens is 7. The van der Waals surface area contributed by atoms with Crippen molar-refractivity contribution in [1.29, 1.82) is 0 Å². The van der Waals surface area contributed by atoms with Crippen LogP contribution in [0.4, 0.5) is 11.8 Å². The Bertz CT molecular complexity index is 1650. The number of hydrogen-bond donors (Lipinski definition) is 3. The minimum atomic E-state index is -3.96. The van der Waals surface area contributed by atoms with E-state index in [0.717, 1.165) is 16.0 Å². The summed E-state index contributed by atoms with van der Waals surface area (Å²) in [6.07, 6.45) is 2.85. The van der Waals surface area contributed by atoms with Crippen LogP contribution in [0.25, 0.3) is 22.6 Å². The monoisotopic (exact) mass is 547 g/mol. The second kappa shape index (κ2) is 11.2. The minimum absolute atomic E-state index is 0.0832. The average Bonchev–Trinajstić information content (AvgIpc) is 3.61. The number of benzene rings is 2. The lowest BCUT2D eigenvalue weighted by atomic mass is 10.2. The molecule has 0 fully saturated rings. The van der Waals surface area contributed by atoms with Gasteiger partial charge in [0.05, 0.1) is 24.7 Å². The summed E-state index contributed by atoms with van der Waals surface area (Å²) in [4.78, 5) is 17.8. The highest BCUT2D eigenvalue weighted by Gasteiger charge is 2.24. The number of rotatable bonds is 11. The lowest BCUT2D eigenvalue weighted by molar-refractivity contribution is 0.281. The molecule has 3 heterocycles. The van der Waals surface area contributed by atoms with E-state index in [2.05, 4.69) is 35.7 Å². The molecule has 0 radical (unpaired) electrons. The molecular formula is C26H29N9O3S. The summed E-state index contributed by atoms with van der Waals surface area (Å²) in [5, 5.41) is 20.5. The van der Waals surface area contributed by atoms with E-state index in [1.165, 1.54) is 0 Å². The number of fused-ring (bicyclic) bond motifs is 1. The van der Waals surface area contributed by atoms with Crippen LogP contribution in [0.15, 0.2) is 73.3 Å². The van der Waals surface area contributed by atoms with Crippen LogP contribution >= 0.6 is 0 Å². The molecule has 1 atom stereocenters. The second-order valence-corrected chi connectivity index (χ2v) is 11.1. The molecule has 0 saturated carbocycles. The Balaban J connectivity index is 1.39. The van der Waals surface area contributed by atoms with E-state index in [1.54, 1.807) is 18.5 Å². The standard InChI is InChI=1S/C26H29N9O3S/c1-18(2)34-16-28-22-24(27-13-19-9-5-3-6-10-19)31-26(32-25(22)34)30-21(14-36)15-39(37,38)35-17-29-23(33-35)20-11-7-4-8-12-20/h3-12,16-18,21,36H,13-15H2,1-2H3,(H2,27,30,31,32). The van der Waals surface area contributed by atoms with Crippen molar-refractivity contribution in [3.63, 3.8) is 0 Å². The van der Waals surface area contributed by atoms with Crippen LogP contribution < -0.4 is 10.6 Å². The van der Waals surface area contributed by atoms with Gasteiger partial charge in [0, 0.05) is 18.2 Å². The van der Waals surface area contributed by atoms with Crippen molar-refractivity contribution in [2.75, 3.05) is 23.0 Å². The average molecular weight is 548 g/mol. The molecule has 202 valence electrons. The maximum Gasteiger partial charge on any atom is 0.257 e. The summed E-state index contributed by atoms with van der Waals surface area (Å²) >= 11 is 0. The molecule has 3 N–H and O–H groups in total. The fraction of sp³-hybridized carbons (Fsp3) is 0.269. The second-order valence-electron chi connectivity index (χ2n) is 9.26. The van der Waals surface area contributed by atoms with Crippen molar-refractivity contribution in [3.8, 4) is 11.4 Å². The molecule has 0 aliphatic heterocycles. The van der Waals surface area contributed by atoms with E-state index in [9.17, 15) is 13.5 Å². The Morgan fingerprint density at radius 2 is 1.67 bits per heavy atom. The predicted octanol–water partition coefficient (Wildman–Crippen LogP) is 2.93. The molecule has 13 heteroatoms. The Morgan fingerprint density at radius 3 is 2.36 bits per heavy atom. The van der Waals surface area contributed by atoms with Crippen molar-refractivity contribution >= 4 is 33.0 Å². The van der Waals surface area contributed by atoms with Crippen molar-refractivity contribution in [3.05, 3.63) is 78.9 Å². The molecule has 2 aromatic carbocycles. The minimum Gasteiger partial charge on any atom is -0.394 e. The molecule has 12 nitrogen and oxygen atoms in total. The van der Waals surface area contributed by atoms with E-state index in [0.29, 0.717) is 29.1 Å². The van der Waals surface area contributed by atoms with Gasteiger partial charge in [-0.1, -0.05) is 60.7 Å². The predicted molar refractivity (Wildman–Crippen MR) is 149 cm³/mol. The van der Waals surface area contributed by atoms with Crippen molar-refractivity contribution in [2.45, 2.75) is 32.5 Å². The van der Waals surface area contributed by atoms with Crippen molar-refractivity contribution in [2.24, 2.45) is 0 Å². The van der Waals surface area contributed by atoms with Crippen LogP contribution in [0.3, 0.4) is 0 Å².